The Labute approximate surface area is 98.0 Å². The van der Waals surface area contributed by atoms with Crippen molar-refractivity contribution in [2.24, 2.45) is 5.92 Å². The maximum Gasteiger partial charge on any atom is 0.322 e. The summed E-state index contributed by atoms with van der Waals surface area (Å²) < 4.78 is 0. The van der Waals surface area contributed by atoms with Crippen LogP contribution in [0.5, 0.6) is 0 Å². The van der Waals surface area contributed by atoms with Crippen LogP contribution >= 0.6 is 0 Å². The smallest absolute Gasteiger partial charge is 0.322 e. The third-order valence-electron chi connectivity index (χ3n) is 3.23. The normalized spacial score (nSPS) is 18.4. The van der Waals surface area contributed by atoms with E-state index in [2.05, 4.69) is 10.2 Å². The number of carboxylic acids is 1. The summed E-state index contributed by atoms with van der Waals surface area (Å²) in [5.74, 6) is 0.0551. The van der Waals surface area contributed by atoms with Crippen molar-refractivity contribution >= 4 is 5.97 Å². The molecule has 0 aromatic heterocycles. The summed E-state index contributed by atoms with van der Waals surface area (Å²) in [5, 5.41) is 12.1. The zero-order valence-electron chi connectivity index (χ0n) is 10.4. The second-order valence-electron chi connectivity index (χ2n) is 4.86. The van der Waals surface area contributed by atoms with E-state index in [0.717, 1.165) is 25.4 Å². The van der Waals surface area contributed by atoms with Crippen LogP contribution < -0.4 is 5.32 Å². The summed E-state index contributed by atoms with van der Waals surface area (Å²) in [6, 6.07) is -0.426. The summed E-state index contributed by atoms with van der Waals surface area (Å²) >= 11 is 0. The standard InChI is InChI=1S/C12H24N2O2/c1-3-7-13-11(12(15)16)9-14(2)8-10-5-4-6-10/h10-11,13H,3-9H2,1-2H3,(H,15,16). The van der Waals surface area contributed by atoms with E-state index in [9.17, 15) is 4.79 Å². The Hall–Kier alpha value is -0.610. The zero-order chi connectivity index (χ0) is 12.0. The first kappa shape index (κ1) is 13.5. The molecule has 1 saturated carbocycles. The minimum Gasteiger partial charge on any atom is -0.480 e. The fraction of sp³-hybridized carbons (Fsp3) is 0.917. The van der Waals surface area contributed by atoms with Crippen LogP contribution in [0.25, 0.3) is 0 Å². The summed E-state index contributed by atoms with van der Waals surface area (Å²) in [6.07, 6.45) is 4.93. The predicted octanol–water partition coefficient (Wildman–Crippen LogP) is 1.17. The summed E-state index contributed by atoms with van der Waals surface area (Å²) in [4.78, 5) is 13.2. The number of hydrogen-bond acceptors (Lipinski definition) is 3. The molecular weight excluding hydrogens is 204 g/mol. The number of carboxylic acid groups (broad SMARTS) is 1. The molecular formula is C12H24N2O2. The van der Waals surface area contributed by atoms with Gasteiger partial charge in [0.1, 0.15) is 6.04 Å². The van der Waals surface area contributed by atoms with Crippen molar-refractivity contribution in [2.45, 2.75) is 38.6 Å². The molecule has 2 N–H and O–H groups in total. The van der Waals surface area contributed by atoms with E-state index < -0.39 is 12.0 Å². The summed E-state index contributed by atoms with van der Waals surface area (Å²) in [5.41, 5.74) is 0. The zero-order valence-corrected chi connectivity index (χ0v) is 10.4. The molecule has 0 amide bonds. The van der Waals surface area contributed by atoms with Crippen LogP contribution in [0.15, 0.2) is 0 Å². The van der Waals surface area contributed by atoms with E-state index in [0.29, 0.717) is 6.54 Å². The van der Waals surface area contributed by atoms with E-state index in [1.165, 1.54) is 19.3 Å². The Bertz CT molecular complexity index is 217. The lowest BCUT2D eigenvalue weighted by Gasteiger charge is -2.31. The van der Waals surface area contributed by atoms with Gasteiger partial charge in [-0.15, -0.1) is 0 Å². The van der Waals surface area contributed by atoms with E-state index in [1.54, 1.807) is 0 Å². The highest BCUT2D eigenvalue weighted by atomic mass is 16.4. The van der Waals surface area contributed by atoms with Crippen molar-refractivity contribution in [3.8, 4) is 0 Å². The molecule has 0 aromatic rings. The largest absolute Gasteiger partial charge is 0.480 e. The van der Waals surface area contributed by atoms with Crippen LogP contribution in [-0.2, 0) is 4.79 Å². The SMILES string of the molecule is CCCNC(CN(C)CC1CCC1)C(=O)O. The number of hydrogen-bond donors (Lipinski definition) is 2. The van der Waals surface area contributed by atoms with Gasteiger partial charge >= 0.3 is 5.97 Å². The Kier molecular flexibility index (Phi) is 5.77. The Morgan fingerprint density at radius 1 is 1.56 bits per heavy atom. The highest BCUT2D eigenvalue weighted by molar-refractivity contribution is 5.73. The molecule has 0 bridgehead atoms. The van der Waals surface area contributed by atoms with Crippen molar-refractivity contribution in [3.05, 3.63) is 0 Å². The molecule has 0 radical (unpaired) electrons. The molecule has 1 fully saturated rings. The lowest BCUT2D eigenvalue weighted by molar-refractivity contribution is -0.140. The molecule has 1 aliphatic rings. The minimum atomic E-state index is -0.742. The molecule has 0 saturated heterocycles. The first-order valence-electron chi connectivity index (χ1n) is 6.28. The van der Waals surface area contributed by atoms with Gasteiger partial charge in [0.15, 0.2) is 0 Å². The molecule has 0 aromatic carbocycles. The van der Waals surface area contributed by atoms with Crippen LogP contribution in [0.3, 0.4) is 0 Å². The molecule has 0 aliphatic heterocycles. The molecule has 4 nitrogen and oxygen atoms in total. The molecule has 0 heterocycles. The Morgan fingerprint density at radius 3 is 2.69 bits per heavy atom. The number of aliphatic carboxylic acids is 1. The maximum absolute atomic E-state index is 11.0. The number of carbonyl (C=O) groups is 1. The summed E-state index contributed by atoms with van der Waals surface area (Å²) in [6.45, 7) is 4.46. The van der Waals surface area contributed by atoms with Crippen molar-refractivity contribution in [1.82, 2.24) is 10.2 Å². The monoisotopic (exact) mass is 228 g/mol. The van der Waals surface area contributed by atoms with Crippen molar-refractivity contribution in [3.63, 3.8) is 0 Å². The van der Waals surface area contributed by atoms with E-state index in [-0.39, 0.29) is 0 Å². The van der Waals surface area contributed by atoms with Crippen LogP contribution in [-0.4, -0.2) is 48.7 Å². The van der Waals surface area contributed by atoms with Gasteiger partial charge in [0, 0.05) is 13.1 Å². The van der Waals surface area contributed by atoms with Crippen molar-refractivity contribution < 1.29 is 9.90 Å². The van der Waals surface area contributed by atoms with Gasteiger partial charge in [-0.25, -0.2) is 0 Å². The second kappa shape index (κ2) is 6.86. The fourth-order valence-electron chi connectivity index (χ4n) is 2.05. The molecule has 4 heteroatoms. The van der Waals surface area contributed by atoms with Crippen LogP contribution in [0, 0.1) is 5.92 Å². The van der Waals surface area contributed by atoms with E-state index in [1.807, 2.05) is 14.0 Å². The molecule has 16 heavy (non-hydrogen) atoms. The van der Waals surface area contributed by atoms with Gasteiger partial charge in [-0.05, 0) is 38.8 Å². The third kappa shape index (κ3) is 4.49. The molecule has 94 valence electrons. The van der Waals surface area contributed by atoms with Gasteiger partial charge in [0.25, 0.3) is 0 Å². The number of rotatable bonds is 8. The van der Waals surface area contributed by atoms with Gasteiger partial charge in [-0.1, -0.05) is 13.3 Å². The molecule has 1 aliphatic carbocycles. The average Bonchev–Trinajstić information content (AvgIpc) is 2.18. The first-order valence-corrected chi connectivity index (χ1v) is 6.28. The van der Waals surface area contributed by atoms with Gasteiger partial charge in [-0.3, -0.25) is 4.79 Å². The van der Waals surface area contributed by atoms with Crippen molar-refractivity contribution in [2.75, 3.05) is 26.7 Å². The first-order chi connectivity index (χ1) is 7.63. The second-order valence-corrected chi connectivity index (χ2v) is 4.86. The minimum absolute atomic E-state index is 0.426. The summed E-state index contributed by atoms with van der Waals surface area (Å²) in [7, 11) is 2.02. The molecule has 1 rings (SSSR count). The van der Waals surface area contributed by atoms with Gasteiger partial charge in [-0.2, -0.15) is 0 Å². The van der Waals surface area contributed by atoms with Crippen LogP contribution in [0.1, 0.15) is 32.6 Å². The highest BCUT2D eigenvalue weighted by Crippen LogP contribution is 2.26. The van der Waals surface area contributed by atoms with Crippen LogP contribution in [0.4, 0.5) is 0 Å². The van der Waals surface area contributed by atoms with E-state index >= 15 is 0 Å². The quantitative estimate of drug-likeness (QED) is 0.655. The average molecular weight is 228 g/mol. The third-order valence-corrected chi connectivity index (χ3v) is 3.23. The van der Waals surface area contributed by atoms with Gasteiger partial charge in [0.05, 0.1) is 0 Å². The number of nitrogens with one attached hydrogen (secondary N) is 1. The van der Waals surface area contributed by atoms with Crippen molar-refractivity contribution in [1.29, 1.82) is 0 Å². The molecule has 1 unspecified atom stereocenters. The number of nitrogens with zero attached hydrogens (tertiary/aromatic N) is 1. The van der Waals surface area contributed by atoms with Crippen LogP contribution in [0.2, 0.25) is 0 Å². The molecule has 0 spiro atoms. The van der Waals surface area contributed by atoms with Gasteiger partial charge < -0.3 is 15.3 Å². The Balaban J connectivity index is 2.25. The van der Waals surface area contributed by atoms with E-state index in [4.69, 9.17) is 5.11 Å². The van der Waals surface area contributed by atoms with Gasteiger partial charge in [0.2, 0.25) is 0 Å². The Morgan fingerprint density at radius 2 is 2.25 bits per heavy atom. The topological polar surface area (TPSA) is 52.6 Å². The lowest BCUT2D eigenvalue weighted by Crippen LogP contribution is -2.46. The molecule has 1 atom stereocenters. The lowest BCUT2D eigenvalue weighted by atomic mass is 9.85. The number of likely N-dealkylation sites (N-methyl/N-ethyl adjacent to an activating group) is 1. The predicted molar refractivity (Wildman–Crippen MR) is 64.6 cm³/mol. The highest BCUT2D eigenvalue weighted by Gasteiger charge is 2.23. The maximum atomic E-state index is 11.0. The fourth-order valence-corrected chi connectivity index (χ4v) is 2.05.